The molecule has 0 unspecified atom stereocenters. The van der Waals surface area contributed by atoms with E-state index in [1.807, 2.05) is 18.2 Å². The van der Waals surface area contributed by atoms with E-state index in [2.05, 4.69) is 11.1 Å². The first-order valence-electron chi connectivity index (χ1n) is 5.20. The summed E-state index contributed by atoms with van der Waals surface area (Å²) in [4.78, 5) is 4.23. The summed E-state index contributed by atoms with van der Waals surface area (Å²) in [6.45, 7) is 0. The van der Waals surface area contributed by atoms with Crippen LogP contribution in [0.3, 0.4) is 0 Å². The van der Waals surface area contributed by atoms with E-state index in [4.69, 9.17) is 0 Å². The summed E-state index contributed by atoms with van der Waals surface area (Å²) in [6.07, 6.45) is 4.58. The smallest absolute Gasteiger partial charge is 0.132 e. The van der Waals surface area contributed by atoms with Crippen LogP contribution in [0.4, 0.5) is 0 Å². The van der Waals surface area contributed by atoms with Crippen molar-refractivity contribution in [1.29, 1.82) is 0 Å². The molecule has 1 N–H and O–H groups in total. The summed E-state index contributed by atoms with van der Waals surface area (Å²) >= 11 is 0. The number of hydrogen-bond donors (Lipinski definition) is 1. The maximum absolute atomic E-state index is 9.72. The molecule has 0 atom stereocenters. The number of benzene rings is 1. The van der Waals surface area contributed by atoms with Crippen molar-refractivity contribution in [1.82, 2.24) is 9.71 Å². The maximum Gasteiger partial charge on any atom is 0.132 e. The molecule has 76 valence electrons. The molecule has 0 radical (unpaired) electrons. The minimum atomic E-state index is 0.864. The predicted octanol–water partition coefficient (Wildman–Crippen LogP) is 2.28. The van der Waals surface area contributed by atoms with E-state index >= 15 is 0 Å². The lowest BCUT2D eigenvalue weighted by molar-refractivity contribution is 0.190. The Labute approximate surface area is 88.0 Å². The van der Waals surface area contributed by atoms with Crippen molar-refractivity contribution in [3.05, 3.63) is 41.9 Å². The van der Waals surface area contributed by atoms with Gasteiger partial charge in [-0.2, -0.15) is 4.73 Å². The van der Waals surface area contributed by atoms with Crippen LogP contribution in [0.2, 0.25) is 0 Å². The van der Waals surface area contributed by atoms with Gasteiger partial charge in [0.25, 0.3) is 0 Å². The van der Waals surface area contributed by atoms with E-state index in [0.29, 0.717) is 0 Å². The molecule has 0 spiro atoms. The average molecular weight is 200 g/mol. The zero-order chi connectivity index (χ0) is 10.3. The quantitative estimate of drug-likeness (QED) is 0.662. The molecule has 1 aromatic carbocycles. The van der Waals surface area contributed by atoms with Crippen LogP contribution in [0, 0.1) is 0 Å². The van der Waals surface area contributed by atoms with Crippen molar-refractivity contribution in [2.24, 2.45) is 0 Å². The highest BCUT2D eigenvalue weighted by atomic mass is 16.5. The molecule has 0 saturated carbocycles. The highest BCUT2D eigenvalue weighted by Crippen LogP contribution is 2.30. The molecule has 2 aromatic rings. The fourth-order valence-corrected chi connectivity index (χ4v) is 2.25. The standard InChI is InChI=1S/C12H12N2O/c15-14-8-13-11-7-3-5-9-4-1-2-6-10(9)12(11)14/h1-2,4,6,8,15H,3,5,7H2. The first-order chi connectivity index (χ1) is 7.36. The summed E-state index contributed by atoms with van der Waals surface area (Å²) in [6, 6.07) is 8.22. The van der Waals surface area contributed by atoms with Crippen LogP contribution < -0.4 is 0 Å². The van der Waals surface area contributed by atoms with Crippen LogP contribution in [0.5, 0.6) is 0 Å². The molecule has 3 heteroatoms. The molecule has 1 aromatic heterocycles. The van der Waals surface area contributed by atoms with Crippen molar-refractivity contribution in [2.45, 2.75) is 19.3 Å². The summed E-state index contributed by atoms with van der Waals surface area (Å²) in [5, 5.41) is 9.72. The molecule has 3 nitrogen and oxygen atoms in total. The van der Waals surface area contributed by atoms with Gasteiger partial charge >= 0.3 is 0 Å². The van der Waals surface area contributed by atoms with Gasteiger partial charge in [-0.1, -0.05) is 24.3 Å². The second-order valence-electron chi connectivity index (χ2n) is 3.90. The second kappa shape index (κ2) is 3.12. The molecule has 1 aliphatic rings. The number of imidazole rings is 1. The third-order valence-corrected chi connectivity index (χ3v) is 2.96. The molecule has 15 heavy (non-hydrogen) atoms. The number of rotatable bonds is 0. The van der Waals surface area contributed by atoms with Crippen molar-refractivity contribution < 1.29 is 5.21 Å². The Bertz CT molecular complexity index is 502. The minimum absolute atomic E-state index is 0.864. The van der Waals surface area contributed by atoms with Gasteiger partial charge in [0, 0.05) is 5.56 Å². The van der Waals surface area contributed by atoms with Gasteiger partial charge in [0.05, 0.1) is 5.69 Å². The molecule has 3 rings (SSSR count). The van der Waals surface area contributed by atoms with Gasteiger partial charge in [0.2, 0.25) is 0 Å². The lowest BCUT2D eigenvalue weighted by Crippen LogP contribution is -1.94. The summed E-state index contributed by atoms with van der Waals surface area (Å²) in [5.41, 5.74) is 4.28. The van der Waals surface area contributed by atoms with Crippen molar-refractivity contribution in [3.63, 3.8) is 0 Å². The Hall–Kier alpha value is -1.77. The van der Waals surface area contributed by atoms with Gasteiger partial charge in [-0.3, -0.25) is 0 Å². The monoisotopic (exact) mass is 200 g/mol. The Morgan fingerprint density at radius 2 is 2.07 bits per heavy atom. The van der Waals surface area contributed by atoms with E-state index in [9.17, 15) is 5.21 Å². The maximum atomic E-state index is 9.72. The van der Waals surface area contributed by atoms with Crippen molar-refractivity contribution >= 4 is 0 Å². The first-order valence-corrected chi connectivity index (χ1v) is 5.20. The molecular formula is C12H12N2O. The Kier molecular flexibility index (Phi) is 1.78. The fraction of sp³-hybridized carbons (Fsp3) is 0.250. The van der Waals surface area contributed by atoms with E-state index in [0.717, 1.165) is 40.9 Å². The van der Waals surface area contributed by atoms with Gasteiger partial charge in [-0.15, -0.1) is 0 Å². The number of fused-ring (bicyclic) bond motifs is 3. The molecule has 1 heterocycles. The van der Waals surface area contributed by atoms with Gasteiger partial charge < -0.3 is 5.21 Å². The Morgan fingerprint density at radius 3 is 3.00 bits per heavy atom. The number of aryl methyl sites for hydroxylation is 2. The largest absolute Gasteiger partial charge is 0.427 e. The lowest BCUT2D eigenvalue weighted by atomic mass is 10.0. The third-order valence-electron chi connectivity index (χ3n) is 2.96. The predicted molar refractivity (Wildman–Crippen MR) is 56.9 cm³/mol. The molecule has 1 aliphatic carbocycles. The molecule has 0 aliphatic heterocycles. The zero-order valence-corrected chi connectivity index (χ0v) is 8.35. The van der Waals surface area contributed by atoms with Gasteiger partial charge in [-0.05, 0) is 24.8 Å². The number of aromatic nitrogens is 2. The van der Waals surface area contributed by atoms with Crippen LogP contribution in [-0.4, -0.2) is 14.9 Å². The SMILES string of the molecule is On1cnc2c1-c1ccccc1CCC2. The van der Waals surface area contributed by atoms with E-state index in [1.165, 1.54) is 11.9 Å². The second-order valence-corrected chi connectivity index (χ2v) is 3.90. The average Bonchev–Trinajstić information content (AvgIpc) is 2.52. The Morgan fingerprint density at radius 1 is 1.20 bits per heavy atom. The highest BCUT2D eigenvalue weighted by Gasteiger charge is 2.18. The minimum Gasteiger partial charge on any atom is -0.427 e. The van der Waals surface area contributed by atoms with Crippen LogP contribution in [-0.2, 0) is 12.8 Å². The first kappa shape index (κ1) is 8.53. The molecule has 0 amide bonds. The van der Waals surface area contributed by atoms with E-state index in [1.54, 1.807) is 0 Å². The molecule has 0 fully saturated rings. The lowest BCUT2D eigenvalue weighted by Gasteiger charge is -2.06. The van der Waals surface area contributed by atoms with Crippen molar-refractivity contribution in [3.8, 4) is 11.3 Å². The number of nitrogens with zero attached hydrogens (tertiary/aromatic N) is 2. The molecule has 0 saturated heterocycles. The highest BCUT2D eigenvalue weighted by molar-refractivity contribution is 5.67. The number of hydrogen-bond acceptors (Lipinski definition) is 2. The van der Waals surface area contributed by atoms with Crippen LogP contribution in [0.1, 0.15) is 17.7 Å². The van der Waals surface area contributed by atoms with E-state index < -0.39 is 0 Å². The molecule has 0 bridgehead atoms. The summed E-state index contributed by atoms with van der Waals surface area (Å²) in [7, 11) is 0. The van der Waals surface area contributed by atoms with Crippen molar-refractivity contribution in [2.75, 3.05) is 0 Å². The molecular weight excluding hydrogens is 188 g/mol. The van der Waals surface area contributed by atoms with Gasteiger partial charge in [-0.25, -0.2) is 4.98 Å². The Balaban J connectivity index is 2.30. The van der Waals surface area contributed by atoms with Crippen LogP contribution in [0.25, 0.3) is 11.3 Å². The van der Waals surface area contributed by atoms with E-state index in [-0.39, 0.29) is 0 Å². The van der Waals surface area contributed by atoms with Crippen LogP contribution >= 0.6 is 0 Å². The third kappa shape index (κ3) is 1.23. The summed E-state index contributed by atoms with van der Waals surface area (Å²) < 4.78 is 1.14. The summed E-state index contributed by atoms with van der Waals surface area (Å²) in [5.74, 6) is 0. The zero-order valence-electron chi connectivity index (χ0n) is 8.35. The topological polar surface area (TPSA) is 38.0 Å². The van der Waals surface area contributed by atoms with Crippen LogP contribution in [0.15, 0.2) is 30.6 Å². The fourth-order valence-electron chi connectivity index (χ4n) is 2.25. The normalized spacial score (nSPS) is 14.1. The van der Waals surface area contributed by atoms with Gasteiger partial charge in [0.1, 0.15) is 12.0 Å². The van der Waals surface area contributed by atoms with Gasteiger partial charge in [0.15, 0.2) is 0 Å².